The number of hydrogen-bond donors (Lipinski definition) is 2. The summed E-state index contributed by atoms with van der Waals surface area (Å²) in [6.45, 7) is 0.285. The highest BCUT2D eigenvalue weighted by molar-refractivity contribution is 5.89. The fourth-order valence-corrected chi connectivity index (χ4v) is 1.73. The van der Waals surface area contributed by atoms with Crippen LogP contribution in [0, 0.1) is 11.6 Å². The SMILES string of the molecule is COc1ccc(CNC(=O)Nc2cc(F)cc(F)c2)cc1. The van der Waals surface area contributed by atoms with Crippen LogP contribution in [0.4, 0.5) is 19.3 Å². The van der Waals surface area contributed by atoms with E-state index >= 15 is 0 Å². The van der Waals surface area contributed by atoms with Crippen molar-refractivity contribution in [3.05, 3.63) is 59.7 Å². The Bertz CT molecular complexity index is 610. The molecule has 110 valence electrons. The monoisotopic (exact) mass is 292 g/mol. The van der Waals surface area contributed by atoms with Crippen LogP contribution in [-0.4, -0.2) is 13.1 Å². The summed E-state index contributed by atoms with van der Waals surface area (Å²) in [5, 5.41) is 4.95. The fraction of sp³-hybridized carbons (Fsp3) is 0.133. The summed E-state index contributed by atoms with van der Waals surface area (Å²) < 4.78 is 31.0. The number of nitrogens with one attached hydrogen (secondary N) is 2. The van der Waals surface area contributed by atoms with Gasteiger partial charge in [-0.2, -0.15) is 0 Å². The summed E-state index contributed by atoms with van der Waals surface area (Å²) in [5.41, 5.74) is 0.927. The average molecular weight is 292 g/mol. The molecule has 0 fully saturated rings. The van der Waals surface area contributed by atoms with Crippen molar-refractivity contribution in [2.45, 2.75) is 6.54 Å². The molecule has 0 heterocycles. The number of anilines is 1. The van der Waals surface area contributed by atoms with Gasteiger partial charge in [0, 0.05) is 18.3 Å². The highest BCUT2D eigenvalue weighted by atomic mass is 19.1. The number of carbonyl (C=O) groups is 1. The minimum Gasteiger partial charge on any atom is -0.497 e. The predicted molar refractivity (Wildman–Crippen MR) is 75.2 cm³/mol. The predicted octanol–water partition coefficient (Wildman–Crippen LogP) is 3.30. The van der Waals surface area contributed by atoms with Crippen LogP contribution < -0.4 is 15.4 Å². The summed E-state index contributed by atoms with van der Waals surface area (Å²) >= 11 is 0. The molecule has 0 saturated heterocycles. The Kier molecular flexibility index (Phi) is 4.71. The number of halogens is 2. The van der Waals surface area contributed by atoms with Crippen LogP contribution >= 0.6 is 0 Å². The molecule has 21 heavy (non-hydrogen) atoms. The maximum Gasteiger partial charge on any atom is 0.319 e. The first-order valence-electron chi connectivity index (χ1n) is 6.20. The van der Waals surface area contributed by atoms with E-state index in [4.69, 9.17) is 4.74 Å². The zero-order valence-electron chi connectivity index (χ0n) is 11.3. The van der Waals surface area contributed by atoms with Gasteiger partial charge in [0.05, 0.1) is 7.11 Å². The number of methoxy groups -OCH3 is 1. The average Bonchev–Trinajstić information content (AvgIpc) is 2.44. The molecular weight excluding hydrogens is 278 g/mol. The van der Waals surface area contributed by atoms with Gasteiger partial charge < -0.3 is 15.4 Å². The second-order valence-electron chi connectivity index (χ2n) is 4.31. The molecule has 0 aliphatic heterocycles. The quantitative estimate of drug-likeness (QED) is 0.908. The molecule has 2 N–H and O–H groups in total. The Morgan fingerprint density at radius 3 is 2.29 bits per heavy atom. The highest BCUT2D eigenvalue weighted by Gasteiger charge is 2.05. The van der Waals surface area contributed by atoms with Gasteiger partial charge in [0.1, 0.15) is 17.4 Å². The third kappa shape index (κ3) is 4.45. The zero-order valence-corrected chi connectivity index (χ0v) is 11.3. The molecule has 4 nitrogen and oxygen atoms in total. The molecule has 0 bridgehead atoms. The lowest BCUT2D eigenvalue weighted by atomic mass is 10.2. The molecule has 0 aromatic heterocycles. The standard InChI is InChI=1S/C15H14F2N2O2/c1-21-14-4-2-10(3-5-14)9-18-15(20)19-13-7-11(16)6-12(17)8-13/h2-8H,9H2,1H3,(H2,18,19,20). The summed E-state index contributed by atoms with van der Waals surface area (Å²) in [6, 6.07) is 9.43. The molecule has 0 spiro atoms. The second-order valence-corrected chi connectivity index (χ2v) is 4.31. The van der Waals surface area contributed by atoms with Crippen molar-refractivity contribution in [3.8, 4) is 5.75 Å². The lowest BCUT2D eigenvalue weighted by molar-refractivity contribution is 0.251. The van der Waals surface area contributed by atoms with Crippen LogP contribution in [0.3, 0.4) is 0 Å². The van der Waals surface area contributed by atoms with Gasteiger partial charge in [-0.25, -0.2) is 13.6 Å². The first-order chi connectivity index (χ1) is 10.1. The van der Waals surface area contributed by atoms with Crippen molar-refractivity contribution in [3.63, 3.8) is 0 Å². The molecule has 0 atom stereocenters. The maximum absolute atomic E-state index is 13.0. The summed E-state index contributed by atoms with van der Waals surface area (Å²) in [5.74, 6) is -0.778. The number of ether oxygens (including phenoxy) is 1. The van der Waals surface area contributed by atoms with Gasteiger partial charge in [-0.1, -0.05) is 12.1 Å². The summed E-state index contributed by atoms with van der Waals surface area (Å²) in [6.07, 6.45) is 0. The molecule has 0 saturated carbocycles. The van der Waals surface area contributed by atoms with Crippen molar-refractivity contribution in [2.75, 3.05) is 12.4 Å². The van der Waals surface area contributed by atoms with Crippen molar-refractivity contribution < 1.29 is 18.3 Å². The summed E-state index contributed by atoms with van der Waals surface area (Å²) in [4.78, 5) is 11.6. The van der Waals surface area contributed by atoms with E-state index in [9.17, 15) is 13.6 Å². The van der Waals surface area contributed by atoms with Gasteiger partial charge in [0.25, 0.3) is 0 Å². The van der Waals surface area contributed by atoms with Crippen molar-refractivity contribution in [1.82, 2.24) is 5.32 Å². The van der Waals surface area contributed by atoms with Gasteiger partial charge in [-0.15, -0.1) is 0 Å². The zero-order chi connectivity index (χ0) is 15.2. The van der Waals surface area contributed by atoms with Gasteiger partial charge >= 0.3 is 6.03 Å². The van der Waals surface area contributed by atoms with Gasteiger partial charge in [-0.3, -0.25) is 0 Å². The Morgan fingerprint density at radius 1 is 1.10 bits per heavy atom. The molecule has 0 aliphatic rings. The molecule has 2 amide bonds. The lowest BCUT2D eigenvalue weighted by Crippen LogP contribution is -2.28. The number of hydrogen-bond acceptors (Lipinski definition) is 2. The number of rotatable bonds is 4. The van der Waals surface area contributed by atoms with Crippen molar-refractivity contribution >= 4 is 11.7 Å². The first-order valence-corrected chi connectivity index (χ1v) is 6.20. The van der Waals surface area contributed by atoms with E-state index < -0.39 is 17.7 Å². The van der Waals surface area contributed by atoms with Crippen LogP contribution in [0.1, 0.15) is 5.56 Å². The van der Waals surface area contributed by atoms with Gasteiger partial charge in [0.2, 0.25) is 0 Å². The van der Waals surface area contributed by atoms with Crippen LogP contribution in [-0.2, 0) is 6.54 Å². The Labute approximate surface area is 120 Å². The van der Waals surface area contributed by atoms with E-state index in [-0.39, 0.29) is 12.2 Å². The first kappa shape index (κ1) is 14.8. The Hall–Kier alpha value is -2.63. The minimum atomic E-state index is -0.750. The van der Waals surface area contributed by atoms with E-state index in [1.807, 2.05) is 0 Å². The van der Waals surface area contributed by atoms with Crippen molar-refractivity contribution in [1.29, 1.82) is 0 Å². The molecular formula is C15H14F2N2O2. The van der Waals surface area contributed by atoms with E-state index in [1.54, 1.807) is 31.4 Å². The third-order valence-electron chi connectivity index (χ3n) is 2.73. The highest BCUT2D eigenvalue weighted by Crippen LogP contribution is 2.13. The molecule has 2 aromatic rings. The Balaban J connectivity index is 1.89. The molecule has 0 unspecified atom stereocenters. The Morgan fingerprint density at radius 2 is 1.71 bits per heavy atom. The van der Waals surface area contributed by atoms with Crippen LogP contribution in [0.5, 0.6) is 5.75 Å². The number of benzene rings is 2. The topological polar surface area (TPSA) is 50.4 Å². The van der Waals surface area contributed by atoms with Gasteiger partial charge in [-0.05, 0) is 29.8 Å². The molecule has 2 aromatic carbocycles. The molecule has 2 rings (SSSR count). The maximum atomic E-state index is 13.0. The van der Waals surface area contributed by atoms with Crippen LogP contribution in [0.25, 0.3) is 0 Å². The van der Waals surface area contributed by atoms with E-state index in [1.165, 1.54) is 0 Å². The molecule has 0 aliphatic carbocycles. The molecule has 0 radical (unpaired) electrons. The number of urea groups is 1. The largest absolute Gasteiger partial charge is 0.497 e. The van der Waals surface area contributed by atoms with E-state index in [0.29, 0.717) is 0 Å². The lowest BCUT2D eigenvalue weighted by Gasteiger charge is -2.08. The van der Waals surface area contributed by atoms with Gasteiger partial charge in [0.15, 0.2) is 0 Å². The summed E-state index contributed by atoms with van der Waals surface area (Å²) in [7, 11) is 1.57. The molecule has 6 heteroatoms. The third-order valence-corrected chi connectivity index (χ3v) is 2.73. The van der Waals surface area contributed by atoms with Crippen LogP contribution in [0.15, 0.2) is 42.5 Å². The number of carbonyl (C=O) groups excluding carboxylic acids is 1. The fourth-order valence-electron chi connectivity index (χ4n) is 1.73. The number of amides is 2. The second kappa shape index (κ2) is 6.69. The van der Waals surface area contributed by atoms with Crippen LogP contribution in [0.2, 0.25) is 0 Å². The van der Waals surface area contributed by atoms with E-state index in [0.717, 1.165) is 29.5 Å². The smallest absolute Gasteiger partial charge is 0.319 e. The minimum absolute atomic E-state index is 0.0553. The van der Waals surface area contributed by atoms with Crippen molar-refractivity contribution in [2.24, 2.45) is 0 Å². The normalized spacial score (nSPS) is 10.0. The van der Waals surface area contributed by atoms with E-state index in [2.05, 4.69) is 10.6 Å².